The zero-order chi connectivity index (χ0) is 13.1. The molecule has 2 heteroatoms. The lowest BCUT2D eigenvalue weighted by Crippen LogP contribution is -2.26. The number of benzene rings is 1. The van der Waals surface area contributed by atoms with Crippen molar-refractivity contribution in [3.8, 4) is 0 Å². The highest BCUT2D eigenvalue weighted by atomic mass is 15.0. The lowest BCUT2D eigenvalue weighted by molar-refractivity contribution is 0.587. The highest BCUT2D eigenvalue weighted by Gasteiger charge is 2.15. The van der Waals surface area contributed by atoms with Gasteiger partial charge in [-0.25, -0.2) is 0 Å². The highest BCUT2D eigenvalue weighted by molar-refractivity contribution is 5.40. The molecule has 0 amide bonds. The molecule has 2 N–H and O–H groups in total. The summed E-state index contributed by atoms with van der Waals surface area (Å²) in [7, 11) is 1.95. The maximum Gasteiger partial charge on any atom is 0.0454 e. The second-order valence-electron chi connectivity index (χ2n) is 5.80. The Balaban J connectivity index is 2.95. The Bertz CT molecular complexity index is 352. The molecule has 1 rings (SSSR count). The summed E-state index contributed by atoms with van der Waals surface area (Å²) < 4.78 is 0. The lowest BCUT2D eigenvalue weighted by Gasteiger charge is -2.22. The van der Waals surface area contributed by atoms with Gasteiger partial charge in [-0.1, -0.05) is 32.9 Å². The van der Waals surface area contributed by atoms with E-state index < -0.39 is 0 Å². The van der Waals surface area contributed by atoms with E-state index >= 15 is 0 Å². The molecule has 17 heavy (non-hydrogen) atoms. The maximum atomic E-state index is 3.38. The van der Waals surface area contributed by atoms with Crippen LogP contribution in [0, 0.1) is 13.8 Å². The molecule has 0 aliphatic rings. The summed E-state index contributed by atoms with van der Waals surface area (Å²) >= 11 is 0. The van der Waals surface area contributed by atoms with E-state index in [1.165, 1.54) is 22.3 Å². The Kier molecular flexibility index (Phi) is 4.72. The van der Waals surface area contributed by atoms with Crippen LogP contribution in [0.25, 0.3) is 0 Å². The Morgan fingerprint density at radius 2 is 1.59 bits per heavy atom. The van der Waals surface area contributed by atoms with Crippen LogP contribution in [0.2, 0.25) is 0 Å². The van der Waals surface area contributed by atoms with E-state index in [2.05, 4.69) is 57.4 Å². The van der Waals surface area contributed by atoms with Crippen LogP contribution in [0.4, 0.5) is 0 Å². The summed E-state index contributed by atoms with van der Waals surface area (Å²) in [4.78, 5) is 0. The van der Waals surface area contributed by atoms with Crippen LogP contribution in [-0.2, 0) is 12.0 Å². The van der Waals surface area contributed by atoms with Gasteiger partial charge in [-0.3, -0.25) is 0 Å². The molecule has 0 saturated heterocycles. The summed E-state index contributed by atoms with van der Waals surface area (Å²) in [6.07, 6.45) is 0. The quantitative estimate of drug-likeness (QED) is 0.618. The van der Waals surface area contributed by atoms with Gasteiger partial charge in [0.05, 0.1) is 0 Å². The molecule has 1 aromatic carbocycles. The minimum atomic E-state index is 0.229. The molecule has 0 fully saturated rings. The number of aryl methyl sites for hydroxylation is 2. The van der Waals surface area contributed by atoms with Gasteiger partial charge in [0, 0.05) is 13.2 Å². The van der Waals surface area contributed by atoms with Crippen molar-refractivity contribution in [1.29, 1.82) is 0 Å². The molecule has 0 unspecified atom stereocenters. The molecule has 0 spiro atoms. The smallest absolute Gasteiger partial charge is 0.0454 e. The SMILES string of the molecule is CNCNCc1c(C)cc(C(C)(C)C)cc1C. The van der Waals surface area contributed by atoms with E-state index in [9.17, 15) is 0 Å². The van der Waals surface area contributed by atoms with Crippen LogP contribution < -0.4 is 10.6 Å². The van der Waals surface area contributed by atoms with Crippen molar-refractivity contribution < 1.29 is 0 Å². The third kappa shape index (κ3) is 3.83. The largest absolute Gasteiger partial charge is 0.308 e. The van der Waals surface area contributed by atoms with E-state index in [0.717, 1.165) is 13.2 Å². The van der Waals surface area contributed by atoms with Crippen LogP contribution >= 0.6 is 0 Å². The molecule has 0 saturated carbocycles. The zero-order valence-corrected chi connectivity index (χ0v) is 12.1. The van der Waals surface area contributed by atoms with E-state index in [1.807, 2.05) is 7.05 Å². The monoisotopic (exact) mass is 234 g/mol. The van der Waals surface area contributed by atoms with Crippen molar-refractivity contribution >= 4 is 0 Å². The highest BCUT2D eigenvalue weighted by Crippen LogP contribution is 2.26. The lowest BCUT2D eigenvalue weighted by atomic mass is 9.84. The average molecular weight is 234 g/mol. The van der Waals surface area contributed by atoms with Crippen LogP contribution in [0.5, 0.6) is 0 Å². The van der Waals surface area contributed by atoms with Gasteiger partial charge in [0.2, 0.25) is 0 Å². The minimum Gasteiger partial charge on any atom is -0.308 e. The van der Waals surface area contributed by atoms with Gasteiger partial charge in [0.15, 0.2) is 0 Å². The Hall–Kier alpha value is -0.860. The zero-order valence-electron chi connectivity index (χ0n) is 12.1. The van der Waals surface area contributed by atoms with E-state index in [4.69, 9.17) is 0 Å². The van der Waals surface area contributed by atoms with E-state index in [0.29, 0.717) is 0 Å². The van der Waals surface area contributed by atoms with Crippen molar-refractivity contribution in [2.24, 2.45) is 0 Å². The Morgan fingerprint density at radius 3 is 2.00 bits per heavy atom. The first kappa shape index (κ1) is 14.2. The molecule has 0 aromatic heterocycles. The third-order valence-electron chi connectivity index (χ3n) is 3.17. The molecular weight excluding hydrogens is 208 g/mol. The third-order valence-corrected chi connectivity index (χ3v) is 3.17. The van der Waals surface area contributed by atoms with Gasteiger partial charge in [-0.2, -0.15) is 0 Å². The van der Waals surface area contributed by atoms with Crippen molar-refractivity contribution in [3.63, 3.8) is 0 Å². The molecule has 2 nitrogen and oxygen atoms in total. The van der Waals surface area contributed by atoms with Crippen LogP contribution in [0.1, 0.15) is 43.0 Å². The fourth-order valence-corrected chi connectivity index (χ4v) is 2.02. The van der Waals surface area contributed by atoms with Crippen LogP contribution in [-0.4, -0.2) is 13.7 Å². The molecule has 96 valence electrons. The van der Waals surface area contributed by atoms with E-state index in [1.54, 1.807) is 0 Å². The summed E-state index contributed by atoms with van der Waals surface area (Å²) in [5.74, 6) is 0. The first-order valence-electron chi connectivity index (χ1n) is 6.32. The Morgan fingerprint density at radius 1 is 1.06 bits per heavy atom. The Labute approximate surface area is 106 Å². The molecule has 0 radical (unpaired) electrons. The predicted molar refractivity (Wildman–Crippen MR) is 75.4 cm³/mol. The molecule has 0 aliphatic heterocycles. The molecular formula is C15H26N2. The summed E-state index contributed by atoms with van der Waals surface area (Å²) in [6, 6.07) is 4.65. The topological polar surface area (TPSA) is 24.1 Å². The first-order valence-corrected chi connectivity index (χ1v) is 6.32. The summed E-state index contributed by atoms with van der Waals surface area (Å²) in [5, 5.41) is 6.48. The van der Waals surface area contributed by atoms with Crippen LogP contribution in [0.15, 0.2) is 12.1 Å². The van der Waals surface area contributed by atoms with E-state index in [-0.39, 0.29) is 5.41 Å². The fourth-order valence-electron chi connectivity index (χ4n) is 2.02. The molecule has 0 bridgehead atoms. The predicted octanol–water partition coefficient (Wildman–Crippen LogP) is 2.87. The van der Waals surface area contributed by atoms with Gasteiger partial charge in [-0.15, -0.1) is 0 Å². The van der Waals surface area contributed by atoms with Crippen molar-refractivity contribution in [1.82, 2.24) is 10.6 Å². The second-order valence-corrected chi connectivity index (χ2v) is 5.80. The summed E-state index contributed by atoms with van der Waals surface area (Å²) in [5.41, 5.74) is 5.85. The van der Waals surface area contributed by atoms with Gasteiger partial charge < -0.3 is 10.6 Å². The number of hydrogen-bond acceptors (Lipinski definition) is 2. The van der Waals surface area contributed by atoms with Crippen molar-refractivity contribution in [2.75, 3.05) is 13.7 Å². The number of rotatable bonds is 4. The van der Waals surface area contributed by atoms with Crippen molar-refractivity contribution in [2.45, 2.75) is 46.6 Å². The van der Waals surface area contributed by atoms with Gasteiger partial charge in [0.25, 0.3) is 0 Å². The standard InChI is InChI=1S/C15H26N2/c1-11-7-13(15(3,4)5)8-12(2)14(11)9-17-10-16-6/h7-8,16-17H,9-10H2,1-6H3. The first-order chi connectivity index (χ1) is 7.86. The summed E-state index contributed by atoms with van der Waals surface area (Å²) in [6.45, 7) is 13.0. The normalized spacial score (nSPS) is 11.9. The van der Waals surface area contributed by atoms with Gasteiger partial charge in [0.1, 0.15) is 0 Å². The maximum absolute atomic E-state index is 3.38. The van der Waals surface area contributed by atoms with Gasteiger partial charge >= 0.3 is 0 Å². The number of hydrogen-bond donors (Lipinski definition) is 2. The molecule has 0 atom stereocenters. The number of nitrogens with one attached hydrogen (secondary N) is 2. The molecule has 0 aliphatic carbocycles. The second kappa shape index (κ2) is 5.65. The molecule has 0 heterocycles. The average Bonchev–Trinajstić information content (AvgIpc) is 2.20. The fraction of sp³-hybridized carbons (Fsp3) is 0.600. The molecule has 1 aromatic rings. The van der Waals surface area contributed by atoms with Gasteiger partial charge in [-0.05, 0) is 48.6 Å². The van der Waals surface area contributed by atoms with Crippen LogP contribution in [0.3, 0.4) is 0 Å². The van der Waals surface area contributed by atoms with Crippen molar-refractivity contribution in [3.05, 3.63) is 34.4 Å². The minimum absolute atomic E-state index is 0.229.